The minimum atomic E-state index is -0.499. The Morgan fingerprint density at radius 1 is 1.39 bits per heavy atom. The minimum Gasteiger partial charge on any atom is -0.340 e. The van der Waals surface area contributed by atoms with Crippen molar-refractivity contribution in [3.8, 4) is 0 Å². The summed E-state index contributed by atoms with van der Waals surface area (Å²) >= 11 is 0. The van der Waals surface area contributed by atoms with Crippen LogP contribution in [0.3, 0.4) is 0 Å². The number of imide groups is 1. The molecule has 2 saturated heterocycles. The Bertz CT molecular complexity index is 632. The van der Waals surface area contributed by atoms with Gasteiger partial charge in [0.05, 0.1) is 17.9 Å². The number of piperidine rings is 1. The predicted molar refractivity (Wildman–Crippen MR) is 80.4 cm³/mol. The topological polar surface area (TPSA) is 95.5 Å². The second-order valence-electron chi connectivity index (χ2n) is 5.90. The average Bonchev–Trinajstić information content (AvgIpc) is 2.87. The van der Waals surface area contributed by atoms with Gasteiger partial charge in [-0.2, -0.15) is 0 Å². The summed E-state index contributed by atoms with van der Waals surface area (Å²) in [6.07, 6.45) is 5.26. The molecule has 122 valence electrons. The fourth-order valence-corrected chi connectivity index (χ4v) is 2.98. The second-order valence-corrected chi connectivity index (χ2v) is 5.90. The third kappa shape index (κ3) is 3.30. The molecule has 0 unspecified atom stereocenters. The van der Waals surface area contributed by atoms with E-state index >= 15 is 0 Å². The SMILES string of the molecule is Cc1cncc([C@H]2CCCN(C(=O)CN3C(=O)CNC3=O)C2)n1. The van der Waals surface area contributed by atoms with Crippen molar-refractivity contribution < 1.29 is 14.4 Å². The van der Waals surface area contributed by atoms with Crippen molar-refractivity contribution in [1.82, 2.24) is 25.1 Å². The van der Waals surface area contributed by atoms with Crippen molar-refractivity contribution in [2.75, 3.05) is 26.2 Å². The number of carbonyl (C=O) groups excluding carboxylic acids is 3. The van der Waals surface area contributed by atoms with Gasteiger partial charge in [0.25, 0.3) is 5.91 Å². The summed E-state index contributed by atoms with van der Waals surface area (Å²) in [6, 6.07) is -0.499. The molecule has 4 amide bonds. The maximum atomic E-state index is 12.4. The zero-order valence-corrected chi connectivity index (χ0v) is 13.0. The standard InChI is InChI=1S/C15H19N5O3/c1-10-5-16-6-12(18-10)11-3-2-4-19(8-11)14(22)9-20-13(21)7-17-15(20)23/h5-6,11H,2-4,7-9H2,1H3,(H,17,23)/t11-/m0/s1. The maximum absolute atomic E-state index is 12.4. The van der Waals surface area contributed by atoms with Gasteiger partial charge in [-0.1, -0.05) is 0 Å². The molecule has 2 fully saturated rings. The first-order chi connectivity index (χ1) is 11.0. The van der Waals surface area contributed by atoms with Crippen LogP contribution in [-0.2, 0) is 9.59 Å². The molecule has 0 aliphatic carbocycles. The molecule has 0 bridgehead atoms. The molecule has 3 rings (SSSR count). The van der Waals surface area contributed by atoms with Crippen LogP contribution in [0, 0.1) is 6.92 Å². The fraction of sp³-hybridized carbons (Fsp3) is 0.533. The van der Waals surface area contributed by atoms with Crippen LogP contribution in [0.1, 0.15) is 30.1 Å². The van der Waals surface area contributed by atoms with E-state index in [1.807, 2.05) is 6.92 Å². The van der Waals surface area contributed by atoms with Crippen LogP contribution in [0.5, 0.6) is 0 Å². The minimum absolute atomic E-state index is 0.0341. The number of nitrogens with zero attached hydrogens (tertiary/aromatic N) is 4. The van der Waals surface area contributed by atoms with Crippen molar-refractivity contribution in [2.45, 2.75) is 25.7 Å². The molecular weight excluding hydrogens is 298 g/mol. The van der Waals surface area contributed by atoms with Gasteiger partial charge in [-0.25, -0.2) is 4.79 Å². The third-order valence-electron chi connectivity index (χ3n) is 4.20. The second kappa shape index (κ2) is 6.31. The van der Waals surface area contributed by atoms with Gasteiger partial charge in [0.1, 0.15) is 6.54 Å². The third-order valence-corrected chi connectivity index (χ3v) is 4.20. The molecule has 0 radical (unpaired) electrons. The van der Waals surface area contributed by atoms with Crippen LogP contribution in [0.15, 0.2) is 12.4 Å². The molecule has 23 heavy (non-hydrogen) atoms. The first-order valence-corrected chi connectivity index (χ1v) is 7.69. The molecule has 0 saturated carbocycles. The van der Waals surface area contributed by atoms with E-state index in [9.17, 15) is 14.4 Å². The Hall–Kier alpha value is -2.51. The lowest BCUT2D eigenvalue weighted by atomic mass is 9.95. The Balaban J connectivity index is 1.65. The van der Waals surface area contributed by atoms with Gasteiger partial charge in [0.2, 0.25) is 5.91 Å². The number of likely N-dealkylation sites (tertiary alicyclic amines) is 1. The molecule has 0 spiro atoms. The number of amides is 4. The lowest BCUT2D eigenvalue weighted by molar-refractivity contribution is -0.137. The molecule has 8 heteroatoms. The molecule has 1 aromatic heterocycles. The van der Waals surface area contributed by atoms with E-state index < -0.39 is 6.03 Å². The summed E-state index contributed by atoms with van der Waals surface area (Å²) in [5.74, 6) is -0.426. The number of urea groups is 1. The van der Waals surface area contributed by atoms with E-state index in [4.69, 9.17) is 0 Å². The van der Waals surface area contributed by atoms with Gasteiger partial charge in [0.15, 0.2) is 0 Å². The highest BCUT2D eigenvalue weighted by molar-refractivity contribution is 6.04. The molecule has 8 nitrogen and oxygen atoms in total. The summed E-state index contributed by atoms with van der Waals surface area (Å²) < 4.78 is 0. The van der Waals surface area contributed by atoms with Crippen molar-refractivity contribution in [3.63, 3.8) is 0 Å². The van der Waals surface area contributed by atoms with E-state index in [1.54, 1.807) is 17.3 Å². The van der Waals surface area contributed by atoms with Crippen molar-refractivity contribution in [3.05, 3.63) is 23.8 Å². The first kappa shape index (κ1) is 15.4. The summed E-state index contributed by atoms with van der Waals surface area (Å²) in [5, 5.41) is 2.42. The number of hydrogen-bond donors (Lipinski definition) is 1. The Labute approximate surface area is 133 Å². The van der Waals surface area contributed by atoms with E-state index in [-0.39, 0.29) is 30.8 Å². The average molecular weight is 317 g/mol. The van der Waals surface area contributed by atoms with E-state index in [2.05, 4.69) is 15.3 Å². The molecule has 3 heterocycles. The number of aryl methyl sites for hydroxylation is 1. The fourth-order valence-electron chi connectivity index (χ4n) is 2.98. The van der Waals surface area contributed by atoms with Crippen LogP contribution < -0.4 is 5.32 Å². The van der Waals surface area contributed by atoms with Crippen molar-refractivity contribution in [1.29, 1.82) is 0 Å². The smallest absolute Gasteiger partial charge is 0.325 e. The summed E-state index contributed by atoms with van der Waals surface area (Å²) in [6.45, 7) is 2.84. The number of rotatable bonds is 3. The monoisotopic (exact) mass is 317 g/mol. The lowest BCUT2D eigenvalue weighted by Gasteiger charge is -2.33. The Morgan fingerprint density at radius 3 is 2.91 bits per heavy atom. The lowest BCUT2D eigenvalue weighted by Crippen LogP contribution is -2.46. The molecule has 2 aliphatic heterocycles. The van der Waals surface area contributed by atoms with Gasteiger partial charge in [-0.05, 0) is 19.8 Å². The van der Waals surface area contributed by atoms with Crippen LogP contribution in [0.4, 0.5) is 4.79 Å². The Morgan fingerprint density at radius 2 is 2.22 bits per heavy atom. The highest BCUT2D eigenvalue weighted by atomic mass is 16.2. The summed E-state index contributed by atoms with van der Waals surface area (Å²) in [5.41, 5.74) is 1.74. The van der Waals surface area contributed by atoms with E-state index in [0.29, 0.717) is 13.1 Å². The summed E-state index contributed by atoms with van der Waals surface area (Å²) in [7, 11) is 0. The van der Waals surface area contributed by atoms with Crippen LogP contribution in [0.2, 0.25) is 0 Å². The van der Waals surface area contributed by atoms with Gasteiger partial charge in [-0.3, -0.25) is 24.5 Å². The van der Waals surface area contributed by atoms with Gasteiger partial charge >= 0.3 is 6.03 Å². The Kier molecular flexibility index (Phi) is 4.22. The quantitative estimate of drug-likeness (QED) is 0.794. The largest absolute Gasteiger partial charge is 0.340 e. The zero-order valence-electron chi connectivity index (χ0n) is 13.0. The maximum Gasteiger partial charge on any atom is 0.325 e. The molecule has 1 N–H and O–H groups in total. The molecule has 1 atom stereocenters. The number of carbonyl (C=O) groups is 3. The normalized spacial score (nSPS) is 21.5. The van der Waals surface area contributed by atoms with Crippen molar-refractivity contribution >= 4 is 17.8 Å². The molecule has 0 aromatic carbocycles. The van der Waals surface area contributed by atoms with Crippen LogP contribution in [-0.4, -0.2) is 63.8 Å². The highest BCUT2D eigenvalue weighted by Crippen LogP contribution is 2.25. The van der Waals surface area contributed by atoms with E-state index in [1.165, 1.54) is 0 Å². The predicted octanol–water partition coefficient (Wildman–Crippen LogP) is 0.0428. The van der Waals surface area contributed by atoms with Crippen LogP contribution in [0.25, 0.3) is 0 Å². The van der Waals surface area contributed by atoms with E-state index in [0.717, 1.165) is 29.1 Å². The highest BCUT2D eigenvalue weighted by Gasteiger charge is 2.33. The first-order valence-electron chi connectivity index (χ1n) is 7.69. The van der Waals surface area contributed by atoms with Crippen LogP contribution >= 0.6 is 0 Å². The summed E-state index contributed by atoms with van der Waals surface area (Å²) in [4.78, 5) is 46.8. The zero-order chi connectivity index (χ0) is 16.4. The molecule has 2 aliphatic rings. The number of nitrogens with one attached hydrogen (secondary N) is 1. The number of hydrogen-bond acceptors (Lipinski definition) is 5. The molecule has 1 aromatic rings. The van der Waals surface area contributed by atoms with Crippen molar-refractivity contribution in [2.24, 2.45) is 0 Å². The van der Waals surface area contributed by atoms with Gasteiger partial charge in [0, 0.05) is 31.4 Å². The molecular formula is C15H19N5O3. The van der Waals surface area contributed by atoms with Gasteiger partial charge < -0.3 is 10.2 Å². The van der Waals surface area contributed by atoms with Gasteiger partial charge in [-0.15, -0.1) is 0 Å². The number of aromatic nitrogens is 2.